The second kappa shape index (κ2) is 9.13. The average Bonchev–Trinajstić information content (AvgIpc) is 3.23. The molecule has 1 atom stereocenters. The van der Waals surface area contributed by atoms with Crippen LogP contribution < -0.4 is 15.0 Å². The molecule has 0 unspecified atom stereocenters. The normalized spacial score (nSPS) is 16.0. The summed E-state index contributed by atoms with van der Waals surface area (Å²) in [5.74, 6) is 1.29. The Morgan fingerprint density at radius 1 is 1.09 bits per heavy atom. The molecule has 3 heterocycles. The highest BCUT2D eigenvalue weighted by Crippen LogP contribution is 2.32. The molecule has 1 saturated heterocycles. The van der Waals surface area contributed by atoms with E-state index < -0.39 is 0 Å². The topological polar surface area (TPSA) is 85.2 Å². The van der Waals surface area contributed by atoms with Crippen molar-refractivity contribution in [1.29, 1.82) is 0 Å². The zero-order valence-corrected chi connectivity index (χ0v) is 19.7. The fraction of sp³-hybridized carbons (Fsp3) is 0.308. The van der Waals surface area contributed by atoms with Gasteiger partial charge in [0.1, 0.15) is 11.3 Å². The number of para-hydroxylation sites is 1. The maximum Gasteiger partial charge on any atom is 0.229 e. The summed E-state index contributed by atoms with van der Waals surface area (Å²) in [5.41, 5.74) is 4.43. The van der Waals surface area contributed by atoms with E-state index in [4.69, 9.17) is 9.84 Å². The summed E-state index contributed by atoms with van der Waals surface area (Å²) >= 11 is 0. The summed E-state index contributed by atoms with van der Waals surface area (Å²) in [7, 11) is 1.62. The maximum absolute atomic E-state index is 13.1. The fourth-order valence-electron chi connectivity index (χ4n) is 4.67. The summed E-state index contributed by atoms with van der Waals surface area (Å²) in [5, 5.41) is 18.0. The quantitative estimate of drug-likeness (QED) is 0.482. The second-order valence-electron chi connectivity index (χ2n) is 8.67. The molecule has 174 valence electrons. The van der Waals surface area contributed by atoms with Gasteiger partial charge in [-0.15, -0.1) is 5.10 Å². The van der Waals surface area contributed by atoms with E-state index in [1.807, 2.05) is 66.2 Å². The van der Waals surface area contributed by atoms with Gasteiger partial charge in [-0.05, 0) is 51.0 Å². The zero-order chi connectivity index (χ0) is 23.7. The van der Waals surface area contributed by atoms with E-state index in [2.05, 4.69) is 27.3 Å². The fourth-order valence-corrected chi connectivity index (χ4v) is 4.67. The van der Waals surface area contributed by atoms with E-state index in [1.165, 1.54) is 0 Å². The molecule has 1 N–H and O–H groups in total. The van der Waals surface area contributed by atoms with Gasteiger partial charge in [0.2, 0.25) is 5.91 Å². The van der Waals surface area contributed by atoms with Gasteiger partial charge in [-0.2, -0.15) is 10.2 Å². The molecule has 2 aromatic carbocycles. The van der Waals surface area contributed by atoms with Crippen molar-refractivity contribution in [3.8, 4) is 11.4 Å². The van der Waals surface area contributed by atoms with E-state index in [9.17, 15) is 4.79 Å². The minimum atomic E-state index is -0.157. The van der Waals surface area contributed by atoms with Gasteiger partial charge in [0.25, 0.3) is 0 Å². The van der Waals surface area contributed by atoms with E-state index in [1.54, 1.807) is 7.11 Å². The lowest BCUT2D eigenvalue weighted by Gasteiger charge is -2.32. The first-order valence-electron chi connectivity index (χ1n) is 11.5. The third-order valence-corrected chi connectivity index (χ3v) is 6.41. The number of fused-ring (bicyclic) bond motifs is 1. The van der Waals surface area contributed by atoms with Crippen molar-refractivity contribution in [3.63, 3.8) is 0 Å². The van der Waals surface area contributed by atoms with Crippen molar-refractivity contribution >= 4 is 28.3 Å². The number of nitrogens with zero attached hydrogens (tertiary/aromatic N) is 5. The van der Waals surface area contributed by atoms with E-state index in [0.29, 0.717) is 12.3 Å². The van der Waals surface area contributed by atoms with Crippen LogP contribution in [-0.4, -0.2) is 46.1 Å². The number of anilines is 2. The van der Waals surface area contributed by atoms with Gasteiger partial charge in [-0.3, -0.25) is 4.79 Å². The van der Waals surface area contributed by atoms with Crippen LogP contribution in [0.5, 0.6) is 5.75 Å². The van der Waals surface area contributed by atoms with Crippen LogP contribution in [0.3, 0.4) is 0 Å². The Balaban J connectivity index is 1.43. The number of methoxy groups -OCH3 is 1. The zero-order valence-electron chi connectivity index (χ0n) is 19.7. The van der Waals surface area contributed by atoms with Crippen molar-refractivity contribution in [2.75, 3.05) is 30.4 Å². The molecule has 0 spiro atoms. The lowest BCUT2D eigenvalue weighted by atomic mass is 9.97. The standard InChI is InChI=1S/C26H28N6O2/c1-17-23-18(2)32(21-11-5-4-6-12-21)30-24(23)25(29-28-17)31-14-8-9-19(16-31)26(33)27-20-10-7-13-22(15-20)34-3/h4-7,10-13,15,19H,8-9,14,16H2,1-3H3,(H,27,33)/t19-/m0/s1. The Hall–Kier alpha value is -3.94. The maximum atomic E-state index is 13.1. The molecule has 1 aliphatic heterocycles. The molecule has 8 heteroatoms. The minimum Gasteiger partial charge on any atom is -0.497 e. The Morgan fingerprint density at radius 2 is 1.91 bits per heavy atom. The van der Waals surface area contributed by atoms with Crippen molar-refractivity contribution in [3.05, 3.63) is 66.0 Å². The molecule has 5 rings (SSSR count). The monoisotopic (exact) mass is 456 g/mol. The molecule has 0 aliphatic carbocycles. The number of carbonyl (C=O) groups excluding carboxylic acids is 1. The molecule has 1 aliphatic rings. The van der Waals surface area contributed by atoms with Crippen molar-refractivity contribution in [1.82, 2.24) is 20.0 Å². The third-order valence-electron chi connectivity index (χ3n) is 6.41. The highest BCUT2D eigenvalue weighted by atomic mass is 16.5. The molecule has 1 fully saturated rings. The number of piperidine rings is 1. The van der Waals surface area contributed by atoms with Crippen molar-refractivity contribution < 1.29 is 9.53 Å². The molecule has 1 amide bonds. The van der Waals surface area contributed by atoms with Crippen LogP contribution >= 0.6 is 0 Å². The number of ether oxygens (including phenoxy) is 1. The lowest BCUT2D eigenvalue weighted by Crippen LogP contribution is -2.41. The Kier molecular flexibility index (Phi) is 5.88. The van der Waals surface area contributed by atoms with Crippen LogP contribution in [0.1, 0.15) is 24.2 Å². The van der Waals surface area contributed by atoms with Crippen LogP contribution in [-0.2, 0) is 4.79 Å². The number of amides is 1. The average molecular weight is 457 g/mol. The lowest BCUT2D eigenvalue weighted by molar-refractivity contribution is -0.120. The Bertz CT molecular complexity index is 1330. The van der Waals surface area contributed by atoms with E-state index in [0.717, 1.165) is 58.9 Å². The third kappa shape index (κ3) is 4.07. The predicted molar refractivity (Wildman–Crippen MR) is 133 cm³/mol. The van der Waals surface area contributed by atoms with E-state index in [-0.39, 0.29) is 11.8 Å². The number of benzene rings is 2. The molecular formula is C26H28N6O2. The number of hydrogen-bond acceptors (Lipinski definition) is 6. The molecule has 4 aromatic rings. The number of hydrogen-bond donors (Lipinski definition) is 1. The summed E-state index contributed by atoms with van der Waals surface area (Å²) in [6.45, 7) is 5.40. The predicted octanol–water partition coefficient (Wildman–Crippen LogP) is 4.30. The van der Waals surface area contributed by atoms with Gasteiger partial charge in [0.15, 0.2) is 5.82 Å². The van der Waals surface area contributed by atoms with Crippen LogP contribution in [0.2, 0.25) is 0 Å². The minimum absolute atomic E-state index is 0.000244. The first-order chi connectivity index (χ1) is 16.5. The van der Waals surface area contributed by atoms with Crippen molar-refractivity contribution in [2.45, 2.75) is 26.7 Å². The van der Waals surface area contributed by atoms with Gasteiger partial charge in [-0.1, -0.05) is 24.3 Å². The Labute approximate surface area is 198 Å². The number of nitrogens with one attached hydrogen (secondary N) is 1. The first-order valence-corrected chi connectivity index (χ1v) is 11.5. The second-order valence-corrected chi connectivity index (χ2v) is 8.67. The number of rotatable bonds is 5. The van der Waals surface area contributed by atoms with Crippen LogP contribution in [0.15, 0.2) is 54.6 Å². The van der Waals surface area contributed by atoms with Gasteiger partial charge in [0.05, 0.1) is 35.5 Å². The molecule has 0 radical (unpaired) electrons. The number of aryl methyl sites for hydroxylation is 2. The molecule has 0 bridgehead atoms. The van der Waals surface area contributed by atoms with Crippen LogP contribution in [0.4, 0.5) is 11.5 Å². The van der Waals surface area contributed by atoms with Gasteiger partial charge >= 0.3 is 0 Å². The molecular weight excluding hydrogens is 428 g/mol. The molecule has 0 saturated carbocycles. The molecule has 34 heavy (non-hydrogen) atoms. The van der Waals surface area contributed by atoms with Gasteiger partial charge < -0.3 is 15.0 Å². The Morgan fingerprint density at radius 3 is 2.71 bits per heavy atom. The summed E-state index contributed by atoms with van der Waals surface area (Å²) in [6.07, 6.45) is 1.72. The number of aromatic nitrogens is 4. The SMILES string of the molecule is COc1cccc(NC(=O)[C@H]2CCCN(c3nnc(C)c4c(C)n(-c5ccccc5)nc34)C2)c1. The first kappa shape index (κ1) is 21.9. The summed E-state index contributed by atoms with van der Waals surface area (Å²) < 4.78 is 7.21. The highest BCUT2D eigenvalue weighted by Gasteiger charge is 2.29. The van der Waals surface area contributed by atoms with Gasteiger partial charge in [0, 0.05) is 24.8 Å². The summed E-state index contributed by atoms with van der Waals surface area (Å²) in [4.78, 5) is 15.2. The smallest absolute Gasteiger partial charge is 0.229 e. The molecule has 8 nitrogen and oxygen atoms in total. The number of carbonyl (C=O) groups is 1. The highest BCUT2D eigenvalue weighted by molar-refractivity contribution is 5.95. The van der Waals surface area contributed by atoms with Crippen molar-refractivity contribution in [2.24, 2.45) is 5.92 Å². The molecule has 2 aromatic heterocycles. The van der Waals surface area contributed by atoms with Crippen LogP contribution in [0.25, 0.3) is 16.6 Å². The largest absolute Gasteiger partial charge is 0.497 e. The van der Waals surface area contributed by atoms with E-state index >= 15 is 0 Å². The van der Waals surface area contributed by atoms with Crippen LogP contribution in [0, 0.1) is 19.8 Å². The summed E-state index contributed by atoms with van der Waals surface area (Å²) in [6, 6.07) is 17.5. The van der Waals surface area contributed by atoms with Gasteiger partial charge in [-0.25, -0.2) is 4.68 Å².